The molecule has 2 aromatic rings. The Bertz CT molecular complexity index is 1340. The molecular formula is C26H29F5N2O4S. The Morgan fingerprint density at radius 3 is 2.32 bits per heavy atom. The third-order valence-electron chi connectivity index (χ3n) is 7.56. The van der Waals surface area contributed by atoms with E-state index in [2.05, 4.69) is 5.32 Å². The molecule has 3 unspecified atom stereocenters. The van der Waals surface area contributed by atoms with Crippen molar-refractivity contribution in [3.63, 3.8) is 0 Å². The largest absolute Gasteiger partial charge is 0.426 e. The molecule has 0 radical (unpaired) electrons. The molecule has 1 saturated heterocycles. The van der Waals surface area contributed by atoms with Crippen LogP contribution < -0.4 is 5.32 Å². The standard InChI is InChI=1S/C26H29F5N2O4S/c1-23(2,35)10-12-32-22(34)33-13-11-25(38(36,37)19-7-5-18(27)6-8-19)20-9-4-17(14-16(20)15-21(25)33)24(3,28)26(29,30)31/h4-9,14,21,35H,10-13,15H2,1-3H3,(H,32,34). The van der Waals surface area contributed by atoms with Crippen molar-refractivity contribution in [3.8, 4) is 0 Å². The first-order chi connectivity index (χ1) is 17.4. The van der Waals surface area contributed by atoms with Crippen molar-refractivity contribution in [2.24, 2.45) is 0 Å². The lowest BCUT2D eigenvalue weighted by Crippen LogP contribution is -2.50. The van der Waals surface area contributed by atoms with Gasteiger partial charge in [-0.1, -0.05) is 18.2 Å². The van der Waals surface area contributed by atoms with Crippen molar-refractivity contribution in [2.45, 2.75) is 73.2 Å². The Balaban J connectivity index is 1.80. The second kappa shape index (κ2) is 9.18. The van der Waals surface area contributed by atoms with Gasteiger partial charge in [0, 0.05) is 13.1 Å². The Labute approximate surface area is 217 Å². The van der Waals surface area contributed by atoms with Gasteiger partial charge >= 0.3 is 12.2 Å². The summed E-state index contributed by atoms with van der Waals surface area (Å²) < 4.78 is 95.1. The van der Waals surface area contributed by atoms with E-state index in [1.807, 2.05) is 0 Å². The lowest BCUT2D eigenvalue weighted by Gasteiger charge is -2.33. The van der Waals surface area contributed by atoms with Crippen molar-refractivity contribution >= 4 is 15.9 Å². The van der Waals surface area contributed by atoms with Gasteiger partial charge in [0.1, 0.15) is 10.6 Å². The molecule has 2 amide bonds. The molecule has 6 nitrogen and oxygen atoms in total. The molecule has 4 rings (SSSR count). The van der Waals surface area contributed by atoms with E-state index in [1.54, 1.807) is 13.8 Å². The summed E-state index contributed by atoms with van der Waals surface area (Å²) in [6.45, 7) is 3.67. The monoisotopic (exact) mass is 560 g/mol. The molecule has 208 valence electrons. The number of sulfone groups is 1. The van der Waals surface area contributed by atoms with Crippen molar-refractivity contribution in [2.75, 3.05) is 13.1 Å². The lowest BCUT2D eigenvalue weighted by molar-refractivity contribution is -0.228. The fourth-order valence-electron chi connectivity index (χ4n) is 5.39. The van der Waals surface area contributed by atoms with Crippen LogP contribution in [0.2, 0.25) is 0 Å². The molecule has 2 aromatic carbocycles. The topological polar surface area (TPSA) is 86.7 Å². The van der Waals surface area contributed by atoms with E-state index in [4.69, 9.17) is 0 Å². The number of likely N-dealkylation sites (tertiary alicyclic amines) is 1. The highest BCUT2D eigenvalue weighted by molar-refractivity contribution is 7.92. The molecule has 1 fully saturated rings. The summed E-state index contributed by atoms with van der Waals surface area (Å²) in [6, 6.07) is 5.77. The molecule has 38 heavy (non-hydrogen) atoms. The predicted octanol–water partition coefficient (Wildman–Crippen LogP) is 4.74. The zero-order valence-electron chi connectivity index (χ0n) is 21.1. The third-order valence-corrected chi connectivity index (χ3v) is 10.1. The summed E-state index contributed by atoms with van der Waals surface area (Å²) in [4.78, 5) is 14.2. The van der Waals surface area contributed by atoms with Crippen molar-refractivity contribution < 1.29 is 40.3 Å². The van der Waals surface area contributed by atoms with Gasteiger partial charge in [-0.2, -0.15) is 13.2 Å². The van der Waals surface area contributed by atoms with E-state index in [0.29, 0.717) is 6.92 Å². The number of urea groups is 1. The first-order valence-electron chi connectivity index (χ1n) is 12.1. The van der Waals surface area contributed by atoms with E-state index < -0.39 is 55.5 Å². The van der Waals surface area contributed by atoms with Gasteiger partial charge in [0.25, 0.3) is 0 Å². The lowest BCUT2D eigenvalue weighted by atomic mass is 9.91. The highest BCUT2D eigenvalue weighted by Crippen LogP contribution is 2.55. The summed E-state index contributed by atoms with van der Waals surface area (Å²) >= 11 is 0. The average molecular weight is 561 g/mol. The maximum Gasteiger partial charge on any atom is 0.426 e. The number of nitrogens with zero attached hydrogens (tertiary/aromatic N) is 1. The van der Waals surface area contributed by atoms with Crippen molar-refractivity contribution in [3.05, 3.63) is 65.0 Å². The molecule has 2 aliphatic rings. The molecule has 0 saturated carbocycles. The Kier molecular flexibility index (Phi) is 6.83. The minimum absolute atomic E-state index is 0.0318. The number of aliphatic hydroxyl groups is 1. The van der Waals surface area contributed by atoms with Gasteiger partial charge in [0.15, 0.2) is 9.84 Å². The quantitative estimate of drug-likeness (QED) is 0.395. The number of rotatable bonds is 6. The van der Waals surface area contributed by atoms with Gasteiger partial charge in [-0.25, -0.2) is 22.0 Å². The molecular weight excluding hydrogens is 531 g/mol. The number of hydrogen-bond donors (Lipinski definition) is 2. The van der Waals surface area contributed by atoms with Crippen LogP contribution in [0, 0.1) is 5.82 Å². The maximum absolute atomic E-state index is 14.8. The first kappa shape index (κ1) is 28.3. The number of amides is 2. The van der Waals surface area contributed by atoms with Gasteiger partial charge in [-0.05, 0) is 81.0 Å². The number of nitrogens with one attached hydrogen (secondary N) is 1. The van der Waals surface area contributed by atoms with E-state index in [0.717, 1.165) is 36.4 Å². The Morgan fingerprint density at radius 2 is 1.74 bits per heavy atom. The van der Waals surface area contributed by atoms with Crippen LogP contribution in [0.3, 0.4) is 0 Å². The minimum Gasteiger partial charge on any atom is -0.390 e. The van der Waals surface area contributed by atoms with Gasteiger partial charge in [-0.3, -0.25) is 0 Å². The Hall–Kier alpha value is -2.73. The number of hydrogen-bond acceptors (Lipinski definition) is 4. The SMILES string of the molecule is CC(C)(O)CCNC(=O)N1CCC2(S(=O)(=O)c3ccc(F)cc3)c3ccc(C(C)(F)C(F)(F)F)cc3CC12. The van der Waals surface area contributed by atoms with Crippen molar-refractivity contribution in [1.82, 2.24) is 10.2 Å². The van der Waals surface area contributed by atoms with E-state index >= 15 is 0 Å². The number of carbonyl (C=O) groups excluding carboxylic acids is 1. The van der Waals surface area contributed by atoms with E-state index in [-0.39, 0.29) is 48.4 Å². The Morgan fingerprint density at radius 1 is 1.11 bits per heavy atom. The number of carbonyl (C=O) groups is 1. The molecule has 3 atom stereocenters. The van der Waals surface area contributed by atoms with Crippen molar-refractivity contribution in [1.29, 1.82) is 0 Å². The molecule has 0 aromatic heterocycles. The summed E-state index contributed by atoms with van der Waals surface area (Å²) in [6.07, 6.45) is -5.14. The van der Waals surface area contributed by atoms with Gasteiger partial charge in [-0.15, -0.1) is 0 Å². The summed E-state index contributed by atoms with van der Waals surface area (Å²) in [5.41, 5.74) is -5.00. The second-order valence-corrected chi connectivity index (χ2v) is 12.9. The minimum atomic E-state index is -5.19. The average Bonchev–Trinajstić information content (AvgIpc) is 3.33. The van der Waals surface area contributed by atoms with Crippen LogP contribution in [0.4, 0.5) is 26.7 Å². The smallest absolute Gasteiger partial charge is 0.390 e. The fraction of sp³-hybridized carbons (Fsp3) is 0.500. The van der Waals surface area contributed by atoms with Crippen LogP contribution in [0.1, 0.15) is 50.3 Å². The maximum atomic E-state index is 14.8. The molecule has 0 spiro atoms. The highest BCUT2D eigenvalue weighted by Gasteiger charge is 2.63. The highest BCUT2D eigenvalue weighted by atomic mass is 32.2. The normalized spacial score (nSPS) is 23.1. The van der Waals surface area contributed by atoms with E-state index in [1.165, 1.54) is 11.0 Å². The fourth-order valence-corrected chi connectivity index (χ4v) is 7.72. The van der Waals surface area contributed by atoms with Crippen LogP contribution in [-0.2, 0) is 26.7 Å². The predicted molar refractivity (Wildman–Crippen MR) is 129 cm³/mol. The molecule has 1 aliphatic carbocycles. The molecule has 1 heterocycles. The number of alkyl halides is 4. The first-order valence-corrected chi connectivity index (χ1v) is 13.6. The van der Waals surface area contributed by atoms with Crippen LogP contribution in [-0.4, -0.2) is 55.4 Å². The summed E-state index contributed by atoms with van der Waals surface area (Å²) in [5.74, 6) is -0.650. The van der Waals surface area contributed by atoms with Crippen LogP contribution >= 0.6 is 0 Å². The van der Waals surface area contributed by atoms with Crippen LogP contribution in [0.25, 0.3) is 0 Å². The van der Waals surface area contributed by atoms with Crippen LogP contribution in [0.15, 0.2) is 47.4 Å². The van der Waals surface area contributed by atoms with Gasteiger partial charge in [0.05, 0.1) is 16.5 Å². The second-order valence-electron chi connectivity index (χ2n) is 10.7. The number of fused-ring (bicyclic) bond motifs is 3. The summed E-state index contributed by atoms with van der Waals surface area (Å²) in [5, 5.41) is 12.6. The number of benzene rings is 2. The zero-order valence-corrected chi connectivity index (χ0v) is 21.9. The zero-order chi connectivity index (χ0) is 28.3. The third kappa shape index (κ3) is 4.55. The molecule has 1 aliphatic heterocycles. The van der Waals surface area contributed by atoms with Gasteiger partial charge in [0.2, 0.25) is 5.67 Å². The molecule has 0 bridgehead atoms. The number of halogens is 5. The molecule has 12 heteroatoms. The van der Waals surface area contributed by atoms with E-state index in [9.17, 15) is 40.3 Å². The summed E-state index contributed by atoms with van der Waals surface area (Å²) in [7, 11) is -4.30. The molecule has 2 N–H and O–H groups in total. The van der Waals surface area contributed by atoms with Gasteiger partial charge < -0.3 is 15.3 Å². The van der Waals surface area contributed by atoms with Crippen LogP contribution in [0.5, 0.6) is 0 Å².